The molecule has 0 aromatic rings. The maximum absolute atomic E-state index is 12.4. The molecule has 0 heterocycles. The number of hydrogen-bond donors (Lipinski definition) is 2. The third kappa shape index (κ3) is 5.69. The average Bonchev–Trinajstić information content (AvgIpc) is 2.15. The number of rotatable bonds is 4. The van der Waals surface area contributed by atoms with Gasteiger partial charge in [0, 0.05) is 12.6 Å². The quantitative estimate of drug-likeness (QED) is 0.803. The van der Waals surface area contributed by atoms with E-state index in [4.69, 9.17) is 5.14 Å². The van der Waals surface area contributed by atoms with Gasteiger partial charge in [-0.1, -0.05) is 0 Å². The Kier molecular flexibility index (Phi) is 4.79. The third-order valence-electron chi connectivity index (χ3n) is 3.01. The van der Waals surface area contributed by atoms with E-state index in [1.807, 2.05) is 0 Å². The molecule has 0 aliphatic heterocycles. The lowest BCUT2D eigenvalue weighted by atomic mass is 9.85. The second kappa shape index (κ2) is 5.53. The van der Waals surface area contributed by atoms with Crippen LogP contribution in [0.25, 0.3) is 0 Å². The molecule has 1 aliphatic carbocycles. The van der Waals surface area contributed by atoms with E-state index in [1.165, 1.54) is 0 Å². The Balaban J connectivity index is 2.24. The van der Waals surface area contributed by atoms with E-state index in [0.29, 0.717) is 12.8 Å². The molecule has 4 nitrogen and oxygen atoms in total. The van der Waals surface area contributed by atoms with Crippen molar-refractivity contribution in [1.29, 1.82) is 0 Å². The summed E-state index contributed by atoms with van der Waals surface area (Å²) in [6.07, 6.45) is -3.04. The second-order valence-corrected chi connectivity index (χ2v) is 6.15. The molecule has 3 N–H and O–H groups in total. The van der Waals surface area contributed by atoms with E-state index >= 15 is 0 Å². The second-order valence-electron chi connectivity index (χ2n) is 4.41. The van der Waals surface area contributed by atoms with Crippen molar-refractivity contribution in [1.82, 2.24) is 5.32 Å². The van der Waals surface area contributed by atoms with Crippen molar-refractivity contribution in [2.45, 2.75) is 37.9 Å². The van der Waals surface area contributed by atoms with Crippen LogP contribution in [0.2, 0.25) is 0 Å². The van der Waals surface area contributed by atoms with E-state index < -0.39 is 22.1 Å². The van der Waals surface area contributed by atoms with E-state index in [-0.39, 0.29) is 31.2 Å². The van der Waals surface area contributed by atoms with Gasteiger partial charge in [0.1, 0.15) is 0 Å². The molecular weight excluding hydrogens is 257 g/mol. The zero-order chi connectivity index (χ0) is 13.1. The summed E-state index contributed by atoms with van der Waals surface area (Å²) in [4.78, 5) is 0. The van der Waals surface area contributed by atoms with Crippen LogP contribution in [0.1, 0.15) is 25.7 Å². The Morgan fingerprint density at radius 3 is 2.12 bits per heavy atom. The minimum Gasteiger partial charge on any atom is -0.313 e. The van der Waals surface area contributed by atoms with Crippen LogP contribution in [-0.4, -0.2) is 32.9 Å². The Morgan fingerprint density at radius 2 is 1.71 bits per heavy atom. The largest absolute Gasteiger partial charge is 0.391 e. The third-order valence-corrected chi connectivity index (χ3v) is 3.78. The monoisotopic (exact) mass is 274 g/mol. The smallest absolute Gasteiger partial charge is 0.313 e. The Morgan fingerprint density at radius 1 is 1.18 bits per heavy atom. The van der Waals surface area contributed by atoms with Crippen molar-refractivity contribution >= 4 is 10.0 Å². The summed E-state index contributed by atoms with van der Waals surface area (Å²) < 4.78 is 58.4. The molecule has 1 rings (SSSR count). The number of sulfonamides is 1. The van der Waals surface area contributed by atoms with Gasteiger partial charge >= 0.3 is 6.18 Å². The van der Waals surface area contributed by atoms with Gasteiger partial charge in [-0.15, -0.1) is 0 Å². The molecule has 0 bridgehead atoms. The highest BCUT2D eigenvalue weighted by Gasteiger charge is 2.41. The van der Waals surface area contributed by atoms with Crippen molar-refractivity contribution in [2.24, 2.45) is 11.1 Å². The topological polar surface area (TPSA) is 72.2 Å². The highest BCUT2D eigenvalue weighted by Crippen LogP contribution is 2.37. The number of alkyl halides is 3. The summed E-state index contributed by atoms with van der Waals surface area (Å²) in [5, 5.41) is 7.74. The fraction of sp³-hybridized carbons (Fsp3) is 1.00. The van der Waals surface area contributed by atoms with Crippen LogP contribution in [0.5, 0.6) is 0 Å². The highest BCUT2D eigenvalue weighted by atomic mass is 32.2. The molecule has 1 aliphatic rings. The molecule has 0 aromatic carbocycles. The maximum Gasteiger partial charge on any atom is 0.391 e. The minimum atomic E-state index is -4.11. The van der Waals surface area contributed by atoms with Gasteiger partial charge in [0.05, 0.1) is 11.7 Å². The predicted octanol–water partition coefficient (Wildman–Crippen LogP) is 0.986. The molecule has 17 heavy (non-hydrogen) atoms. The van der Waals surface area contributed by atoms with Crippen LogP contribution in [0.15, 0.2) is 0 Å². The van der Waals surface area contributed by atoms with Crippen LogP contribution in [0.3, 0.4) is 0 Å². The summed E-state index contributed by atoms with van der Waals surface area (Å²) >= 11 is 0. The van der Waals surface area contributed by atoms with Gasteiger partial charge in [0.2, 0.25) is 10.0 Å². The first-order valence-corrected chi connectivity index (χ1v) is 7.20. The van der Waals surface area contributed by atoms with Gasteiger partial charge in [-0.05, 0) is 25.7 Å². The molecule has 1 fully saturated rings. The number of hydrogen-bond acceptors (Lipinski definition) is 3. The van der Waals surface area contributed by atoms with Crippen molar-refractivity contribution in [3.8, 4) is 0 Å². The highest BCUT2D eigenvalue weighted by molar-refractivity contribution is 7.89. The van der Waals surface area contributed by atoms with Crippen molar-refractivity contribution in [3.63, 3.8) is 0 Å². The summed E-state index contributed by atoms with van der Waals surface area (Å²) in [5.74, 6) is -1.40. The van der Waals surface area contributed by atoms with E-state index in [1.54, 1.807) is 0 Å². The number of nitrogens with two attached hydrogens (primary N) is 1. The minimum absolute atomic E-state index is 0.0321. The molecule has 0 radical (unpaired) electrons. The SMILES string of the molecule is NS(=O)(=O)CCNC1CCC(C(F)(F)F)CC1. The van der Waals surface area contributed by atoms with Gasteiger partial charge < -0.3 is 5.32 Å². The number of halogens is 3. The first-order valence-electron chi connectivity index (χ1n) is 5.49. The predicted molar refractivity (Wildman–Crippen MR) is 57.8 cm³/mol. The molecule has 0 atom stereocenters. The zero-order valence-corrected chi connectivity index (χ0v) is 10.1. The summed E-state index contributed by atoms with van der Waals surface area (Å²) in [6.45, 7) is 0.195. The maximum atomic E-state index is 12.4. The lowest BCUT2D eigenvalue weighted by Crippen LogP contribution is -2.39. The molecule has 8 heteroatoms. The number of primary sulfonamides is 1. The van der Waals surface area contributed by atoms with Gasteiger partial charge in [-0.3, -0.25) is 0 Å². The Labute approximate surface area is 98.8 Å². The lowest BCUT2D eigenvalue weighted by molar-refractivity contribution is -0.182. The van der Waals surface area contributed by atoms with Crippen molar-refractivity contribution in [3.05, 3.63) is 0 Å². The molecular formula is C9H17F3N2O2S. The molecule has 0 saturated heterocycles. The van der Waals surface area contributed by atoms with Gasteiger partial charge in [-0.2, -0.15) is 13.2 Å². The van der Waals surface area contributed by atoms with Crippen LogP contribution in [0, 0.1) is 5.92 Å². The molecule has 0 aromatic heterocycles. The average molecular weight is 274 g/mol. The van der Waals surface area contributed by atoms with E-state index in [2.05, 4.69) is 5.32 Å². The summed E-state index contributed by atoms with van der Waals surface area (Å²) in [7, 11) is -3.50. The fourth-order valence-corrected chi connectivity index (χ4v) is 2.43. The first-order chi connectivity index (χ1) is 7.68. The van der Waals surface area contributed by atoms with Crippen molar-refractivity contribution in [2.75, 3.05) is 12.3 Å². The molecule has 102 valence electrons. The molecule has 0 unspecified atom stereocenters. The Hall–Kier alpha value is -0.340. The van der Waals surface area contributed by atoms with Crippen LogP contribution in [-0.2, 0) is 10.0 Å². The standard InChI is InChI=1S/C9H17F3N2O2S/c10-9(11,12)7-1-3-8(4-2-7)14-5-6-17(13,15)16/h7-8,14H,1-6H2,(H2,13,15,16). The van der Waals surface area contributed by atoms with E-state index in [0.717, 1.165) is 0 Å². The van der Waals surface area contributed by atoms with Gasteiger partial charge in [-0.25, -0.2) is 13.6 Å². The molecule has 0 amide bonds. The molecule has 0 spiro atoms. The first kappa shape index (κ1) is 14.7. The van der Waals surface area contributed by atoms with Crippen molar-refractivity contribution < 1.29 is 21.6 Å². The lowest BCUT2D eigenvalue weighted by Gasteiger charge is -2.30. The Bertz CT molecular complexity index is 335. The normalized spacial score (nSPS) is 27.1. The zero-order valence-electron chi connectivity index (χ0n) is 9.33. The van der Waals surface area contributed by atoms with Crippen LogP contribution in [0.4, 0.5) is 13.2 Å². The summed E-state index contributed by atoms with van der Waals surface area (Å²) in [5.41, 5.74) is 0. The van der Waals surface area contributed by atoms with Gasteiger partial charge in [0.25, 0.3) is 0 Å². The molecule has 1 saturated carbocycles. The van der Waals surface area contributed by atoms with Crippen LogP contribution >= 0.6 is 0 Å². The van der Waals surface area contributed by atoms with E-state index in [9.17, 15) is 21.6 Å². The number of nitrogens with one attached hydrogen (secondary N) is 1. The van der Waals surface area contributed by atoms with Gasteiger partial charge in [0.15, 0.2) is 0 Å². The fourth-order valence-electron chi connectivity index (χ4n) is 2.03. The summed E-state index contributed by atoms with van der Waals surface area (Å²) in [6, 6.07) is -0.0321. The van der Waals surface area contributed by atoms with Crippen LogP contribution < -0.4 is 10.5 Å².